The molecule has 0 unspecified atom stereocenters. The van der Waals surface area contributed by atoms with Crippen LogP contribution < -0.4 is 4.74 Å². The summed E-state index contributed by atoms with van der Waals surface area (Å²) in [6, 6.07) is 3.23. The summed E-state index contributed by atoms with van der Waals surface area (Å²) >= 11 is 0. The largest absolute Gasteiger partial charge is 0.490 e. The zero-order chi connectivity index (χ0) is 23.6. The predicted octanol–water partition coefficient (Wildman–Crippen LogP) is 8.26. The van der Waals surface area contributed by atoms with Crippen molar-refractivity contribution in [3.05, 3.63) is 29.3 Å². The molecule has 0 bridgehead atoms. The predicted molar refractivity (Wildman–Crippen MR) is 128 cm³/mol. The van der Waals surface area contributed by atoms with E-state index in [-0.39, 0.29) is 24.7 Å². The van der Waals surface area contributed by atoms with Gasteiger partial charge in [0.25, 0.3) is 0 Å². The smallest absolute Gasteiger partial charge is 0.303 e. The second kappa shape index (κ2) is 13.3. The van der Waals surface area contributed by atoms with Gasteiger partial charge in [0.2, 0.25) is 5.82 Å². The van der Waals surface area contributed by atoms with Gasteiger partial charge < -0.3 is 9.84 Å². The van der Waals surface area contributed by atoms with Gasteiger partial charge in [0, 0.05) is 6.42 Å². The lowest BCUT2D eigenvalue weighted by Crippen LogP contribution is -2.25. The van der Waals surface area contributed by atoms with Gasteiger partial charge in [-0.2, -0.15) is 4.39 Å². The van der Waals surface area contributed by atoms with Gasteiger partial charge in [0.15, 0.2) is 11.6 Å². The van der Waals surface area contributed by atoms with Crippen LogP contribution in [-0.2, 0) is 4.79 Å². The molecule has 186 valence electrons. The molecule has 0 spiro atoms. The molecule has 2 aliphatic carbocycles. The van der Waals surface area contributed by atoms with E-state index < -0.39 is 17.6 Å². The fourth-order valence-electron chi connectivity index (χ4n) is 6.07. The van der Waals surface area contributed by atoms with Crippen LogP contribution in [0.25, 0.3) is 0 Å². The van der Waals surface area contributed by atoms with Crippen molar-refractivity contribution in [2.24, 2.45) is 17.8 Å². The summed E-state index contributed by atoms with van der Waals surface area (Å²) in [5.74, 6) is -0.0171. The summed E-state index contributed by atoms with van der Waals surface area (Å²) in [6.07, 6.45) is 16.1. The molecule has 0 aromatic heterocycles. The first-order chi connectivity index (χ1) is 16.0. The third kappa shape index (κ3) is 7.68. The molecule has 0 heterocycles. The minimum absolute atomic E-state index is 0.0578. The first-order valence-electron chi connectivity index (χ1n) is 13.3. The minimum Gasteiger partial charge on any atom is -0.490 e. The van der Waals surface area contributed by atoms with E-state index in [0.717, 1.165) is 43.4 Å². The van der Waals surface area contributed by atoms with Crippen LogP contribution in [0.4, 0.5) is 8.78 Å². The minimum atomic E-state index is -0.908. The van der Waals surface area contributed by atoms with E-state index in [0.29, 0.717) is 18.4 Å². The number of ether oxygens (including phenoxy) is 1. The number of hydrogen-bond acceptors (Lipinski definition) is 2. The summed E-state index contributed by atoms with van der Waals surface area (Å²) < 4.78 is 34.8. The molecule has 2 fully saturated rings. The van der Waals surface area contributed by atoms with Crippen LogP contribution in [-0.4, -0.2) is 17.7 Å². The average molecular weight is 465 g/mol. The Kier molecular flexibility index (Phi) is 10.5. The van der Waals surface area contributed by atoms with Crippen molar-refractivity contribution < 1.29 is 23.4 Å². The monoisotopic (exact) mass is 464 g/mol. The van der Waals surface area contributed by atoms with Gasteiger partial charge in [-0.25, -0.2) is 4.39 Å². The molecule has 1 N–H and O–H groups in total. The number of carboxylic acid groups (broad SMARTS) is 1. The maximum absolute atomic E-state index is 14.8. The highest BCUT2D eigenvalue weighted by atomic mass is 19.2. The number of rotatable bonds is 12. The molecule has 2 saturated carbocycles. The first kappa shape index (κ1) is 26.0. The van der Waals surface area contributed by atoms with Crippen molar-refractivity contribution in [3.8, 4) is 5.75 Å². The molecule has 1 aromatic rings. The van der Waals surface area contributed by atoms with Crippen molar-refractivity contribution in [3.63, 3.8) is 0 Å². The van der Waals surface area contributed by atoms with Gasteiger partial charge in [-0.1, -0.05) is 51.5 Å². The van der Waals surface area contributed by atoms with E-state index in [9.17, 15) is 13.6 Å². The van der Waals surface area contributed by atoms with E-state index in [1.807, 2.05) is 0 Å². The van der Waals surface area contributed by atoms with Gasteiger partial charge >= 0.3 is 5.97 Å². The van der Waals surface area contributed by atoms with Crippen LogP contribution in [0, 0.1) is 29.4 Å². The van der Waals surface area contributed by atoms with Crippen LogP contribution in [0.1, 0.15) is 115 Å². The lowest BCUT2D eigenvalue weighted by Gasteiger charge is -2.38. The molecule has 3 rings (SSSR count). The van der Waals surface area contributed by atoms with Gasteiger partial charge in [0.1, 0.15) is 0 Å². The third-order valence-corrected chi connectivity index (χ3v) is 8.10. The van der Waals surface area contributed by atoms with E-state index in [4.69, 9.17) is 9.84 Å². The molecule has 1 aromatic carbocycles. The normalized spacial score (nSPS) is 25.7. The fraction of sp³-hybridized carbons (Fsp3) is 0.750. The second-order valence-corrected chi connectivity index (χ2v) is 10.4. The van der Waals surface area contributed by atoms with Gasteiger partial charge in [0.05, 0.1) is 6.61 Å². The lowest BCUT2D eigenvalue weighted by molar-refractivity contribution is -0.137. The van der Waals surface area contributed by atoms with Crippen LogP contribution in [0.15, 0.2) is 12.1 Å². The Balaban J connectivity index is 1.44. The fourth-order valence-corrected chi connectivity index (χ4v) is 6.07. The second-order valence-electron chi connectivity index (χ2n) is 10.4. The van der Waals surface area contributed by atoms with Crippen LogP contribution >= 0.6 is 0 Å². The first-order valence-corrected chi connectivity index (χ1v) is 13.3. The van der Waals surface area contributed by atoms with Crippen molar-refractivity contribution >= 4 is 5.97 Å². The molecular formula is C28H42F2O3. The van der Waals surface area contributed by atoms with E-state index in [1.165, 1.54) is 57.4 Å². The Hall–Kier alpha value is -1.65. The summed E-state index contributed by atoms with van der Waals surface area (Å²) in [7, 11) is 0. The highest BCUT2D eigenvalue weighted by Crippen LogP contribution is 2.45. The summed E-state index contributed by atoms with van der Waals surface area (Å²) in [4.78, 5) is 10.5. The maximum atomic E-state index is 14.8. The Morgan fingerprint density at radius 2 is 1.58 bits per heavy atom. The van der Waals surface area contributed by atoms with Crippen LogP contribution in [0.2, 0.25) is 0 Å². The van der Waals surface area contributed by atoms with Crippen molar-refractivity contribution in [2.45, 2.75) is 109 Å². The van der Waals surface area contributed by atoms with Crippen molar-refractivity contribution in [2.75, 3.05) is 6.61 Å². The Bertz CT molecular complexity index is 735. The maximum Gasteiger partial charge on any atom is 0.303 e. The zero-order valence-electron chi connectivity index (χ0n) is 20.3. The Labute approximate surface area is 198 Å². The Morgan fingerprint density at radius 3 is 2.21 bits per heavy atom. The zero-order valence-corrected chi connectivity index (χ0v) is 20.3. The summed E-state index contributed by atoms with van der Waals surface area (Å²) in [6.45, 7) is 2.46. The van der Waals surface area contributed by atoms with Crippen molar-refractivity contribution in [1.82, 2.24) is 0 Å². The molecule has 5 heteroatoms. The number of benzene rings is 1. The van der Waals surface area contributed by atoms with Gasteiger partial charge in [-0.05, 0) is 86.7 Å². The van der Waals surface area contributed by atoms with Crippen molar-refractivity contribution in [1.29, 1.82) is 0 Å². The molecule has 3 nitrogen and oxygen atoms in total. The van der Waals surface area contributed by atoms with E-state index in [1.54, 1.807) is 6.07 Å². The van der Waals surface area contributed by atoms with Gasteiger partial charge in [-0.3, -0.25) is 4.79 Å². The molecule has 0 amide bonds. The number of carboxylic acids is 1. The molecule has 0 radical (unpaired) electrons. The molecule has 0 saturated heterocycles. The molecule has 0 aliphatic heterocycles. The van der Waals surface area contributed by atoms with E-state index in [2.05, 4.69) is 6.92 Å². The number of hydrogen-bond donors (Lipinski definition) is 1. The SMILES string of the molecule is CCCCCC1CCC(C2CCC(c3ccc(OCCCCC(=O)O)c(F)c3F)CC2)CC1. The molecule has 2 aliphatic rings. The van der Waals surface area contributed by atoms with Crippen LogP contribution in [0.5, 0.6) is 5.75 Å². The topological polar surface area (TPSA) is 46.5 Å². The molecule has 33 heavy (non-hydrogen) atoms. The van der Waals surface area contributed by atoms with Crippen LogP contribution in [0.3, 0.4) is 0 Å². The van der Waals surface area contributed by atoms with E-state index >= 15 is 0 Å². The molecular weight excluding hydrogens is 422 g/mol. The summed E-state index contributed by atoms with van der Waals surface area (Å²) in [5.41, 5.74) is 0.490. The highest BCUT2D eigenvalue weighted by Gasteiger charge is 2.32. The number of aliphatic carboxylic acids is 1. The summed E-state index contributed by atoms with van der Waals surface area (Å²) in [5, 5.41) is 8.65. The number of halogens is 2. The Morgan fingerprint density at radius 1 is 0.909 bits per heavy atom. The highest BCUT2D eigenvalue weighted by molar-refractivity contribution is 5.66. The quantitative estimate of drug-likeness (QED) is 0.317. The van der Waals surface area contributed by atoms with Gasteiger partial charge in [-0.15, -0.1) is 0 Å². The average Bonchev–Trinajstić information content (AvgIpc) is 2.82. The number of carbonyl (C=O) groups is 1. The third-order valence-electron chi connectivity index (χ3n) is 8.10. The standard InChI is InChI=1S/C28H42F2O3/c1-2-3-4-7-20-9-11-21(12-10-20)22-13-15-23(16-14-22)24-17-18-25(28(30)27(24)29)33-19-6-5-8-26(31)32/h17-18,20-23H,2-16,19H2,1H3,(H,31,32). The molecule has 0 atom stereocenters. The lowest BCUT2D eigenvalue weighted by atomic mass is 9.68. The number of unbranched alkanes of at least 4 members (excludes halogenated alkanes) is 3.